The highest BCUT2D eigenvalue weighted by atomic mass is 79.9. The minimum Gasteiger partial charge on any atom is -0.496 e. The monoisotopic (exact) mass is 346 g/mol. The van der Waals surface area contributed by atoms with Crippen molar-refractivity contribution in [2.45, 2.75) is 13.0 Å². The molecule has 7 heteroatoms. The highest BCUT2D eigenvalue weighted by Crippen LogP contribution is 2.22. The molecule has 0 saturated heterocycles. The second kappa shape index (κ2) is 7.42. The van der Waals surface area contributed by atoms with E-state index < -0.39 is 6.10 Å². The van der Waals surface area contributed by atoms with Crippen LogP contribution in [0.4, 0.5) is 0 Å². The normalized spacial score (nSPS) is 11.6. The minimum atomic E-state index is -0.546. The van der Waals surface area contributed by atoms with Gasteiger partial charge in [0, 0.05) is 11.0 Å². The molecule has 0 spiro atoms. The van der Waals surface area contributed by atoms with Gasteiger partial charge in [-0.2, -0.15) is 0 Å². The zero-order chi connectivity index (χ0) is 14.4. The van der Waals surface area contributed by atoms with Crippen molar-refractivity contribution >= 4 is 39.2 Å². The molecule has 0 aromatic heterocycles. The van der Waals surface area contributed by atoms with E-state index in [-0.39, 0.29) is 17.6 Å². The fourth-order valence-electron chi connectivity index (χ4n) is 1.31. The summed E-state index contributed by atoms with van der Waals surface area (Å²) in [7, 11) is 1.49. The number of aliphatic hydroxyl groups excluding tert-OH is 1. The summed E-state index contributed by atoms with van der Waals surface area (Å²) in [5.41, 5.74) is 0.373. The van der Waals surface area contributed by atoms with E-state index in [0.717, 1.165) is 4.47 Å². The zero-order valence-corrected chi connectivity index (χ0v) is 13.0. The Balaban J connectivity index is 2.72. The van der Waals surface area contributed by atoms with Crippen molar-refractivity contribution < 1.29 is 14.6 Å². The van der Waals surface area contributed by atoms with E-state index in [4.69, 9.17) is 22.1 Å². The molecule has 1 unspecified atom stereocenters. The van der Waals surface area contributed by atoms with Gasteiger partial charge >= 0.3 is 0 Å². The topological polar surface area (TPSA) is 70.6 Å². The van der Waals surface area contributed by atoms with Crippen molar-refractivity contribution in [3.63, 3.8) is 0 Å². The summed E-state index contributed by atoms with van der Waals surface area (Å²) in [5.74, 6) is 0.0836. The van der Waals surface area contributed by atoms with Crippen molar-refractivity contribution in [2.75, 3.05) is 13.7 Å². The van der Waals surface area contributed by atoms with Crippen molar-refractivity contribution in [3.8, 4) is 5.75 Å². The summed E-state index contributed by atoms with van der Waals surface area (Å²) in [6.07, 6.45) is -0.546. The largest absolute Gasteiger partial charge is 0.496 e. The molecule has 0 heterocycles. The van der Waals surface area contributed by atoms with Crippen LogP contribution in [-0.2, 0) is 0 Å². The maximum Gasteiger partial charge on any atom is 0.261 e. The van der Waals surface area contributed by atoms with Gasteiger partial charge in [0.05, 0.1) is 18.8 Å². The Hall–Kier alpha value is -1.18. The molecule has 1 rings (SSSR count). The summed E-state index contributed by atoms with van der Waals surface area (Å²) in [5, 5.41) is 14.5. The number of methoxy groups -OCH3 is 1. The smallest absolute Gasteiger partial charge is 0.261 e. The Labute approximate surface area is 125 Å². The van der Waals surface area contributed by atoms with Gasteiger partial charge in [0.2, 0.25) is 0 Å². The van der Waals surface area contributed by atoms with Gasteiger partial charge in [-0.15, -0.1) is 0 Å². The average molecular weight is 347 g/mol. The Bertz CT molecular complexity index is 480. The predicted octanol–water partition coefficient (Wildman–Crippen LogP) is 1.44. The summed E-state index contributed by atoms with van der Waals surface area (Å²) in [4.78, 5) is 12.0. The zero-order valence-electron chi connectivity index (χ0n) is 10.6. The lowest BCUT2D eigenvalue weighted by Gasteiger charge is -2.12. The molecule has 0 aliphatic rings. The standard InChI is InChI=1S/C12H15BrN2O3S/c1-7(16)6-14-12(19)15-11(17)9-5-8(13)3-4-10(9)18-2/h3-5,7,16H,6H2,1-2H3,(H2,14,15,17,19). The van der Waals surface area contributed by atoms with Crippen LogP contribution in [0.15, 0.2) is 22.7 Å². The molecule has 0 saturated carbocycles. The number of rotatable bonds is 4. The van der Waals surface area contributed by atoms with Crippen molar-refractivity contribution in [1.29, 1.82) is 0 Å². The van der Waals surface area contributed by atoms with Crippen LogP contribution >= 0.6 is 28.1 Å². The summed E-state index contributed by atoms with van der Waals surface area (Å²) >= 11 is 8.25. The van der Waals surface area contributed by atoms with Gasteiger partial charge in [-0.05, 0) is 37.3 Å². The number of ether oxygens (including phenoxy) is 1. The number of aliphatic hydroxyl groups is 1. The molecule has 0 fully saturated rings. The number of benzene rings is 1. The summed E-state index contributed by atoms with van der Waals surface area (Å²) in [6, 6.07) is 5.11. The first-order valence-electron chi connectivity index (χ1n) is 5.54. The molecule has 104 valence electrons. The number of thiocarbonyl (C=S) groups is 1. The van der Waals surface area contributed by atoms with Crippen molar-refractivity contribution in [1.82, 2.24) is 10.6 Å². The van der Waals surface area contributed by atoms with E-state index in [0.29, 0.717) is 11.3 Å². The first-order valence-corrected chi connectivity index (χ1v) is 6.75. The third kappa shape index (κ3) is 5.14. The van der Waals surface area contributed by atoms with E-state index in [1.54, 1.807) is 25.1 Å². The van der Waals surface area contributed by atoms with Crippen LogP contribution in [0.3, 0.4) is 0 Å². The van der Waals surface area contributed by atoms with E-state index in [1.807, 2.05) is 0 Å². The number of nitrogens with one attached hydrogen (secondary N) is 2. The molecule has 5 nitrogen and oxygen atoms in total. The average Bonchev–Trinajstić information content (AvgIpc) is 2.36. The molecular formula is C12H15BrN2O3S. The number of carbonyl (C=O) groups is 1. The van der Waals surface area contributed by atoms with Crippen LogP contribution in [0.2, 0.25) is 0 Å². The third-order valence-corrected chi connectivity index (χ3v) is 2.93. The second-order valence-electron chi connectivity index (χ2n) is 3.86. The van der Waals surface area contributed by atoms with Gasteiger partial charge in [0.25, 0.3) is 5.91 Å². The Morgan fingerprint density at radius 2 is 2.26 bits per heavy atom. The molecule has 1 atom stereocenters. The van der Waals surface area contributed by atoms with E-state index >= 15 is 0 Å². The molecule has 1 aromatic rings. The SMILES string of the molecule is COc1ccc(Br)cc1C(=O)NC(=S)NCC(C)O. The number of amides is 1. The van der Waals surface area contributed by atoms with Gasteiger partial charge in [0.15, 0.2) is 5.11 Å². The molecule has 0 aliphatic carbocycles. The fraction of sp³-hybridized carbons (Fsp3) is 0.333. The van der Waals surface area contributed by atoms with Crippen LogP contribution in [0.25, 0.3) is 0 Å². The molecule has 1 aromatic carbocycles. The maximum atomic E-state index is 12.0. The van der Waals surface area contributed by atoms with Gasteiger partial charge in [-0.1, -0.05) is 15.9 Å². The Morgan fingerprint density at radius 1 is 1.58 bits per heavy atom. The first-order chi connectivity index (χ1) is 8.93. The highest BCUT2D eigenvalue weighted by Gasteiger charge is 2.14. The molecule has 1 amide bonds. The predicted molar refractivity (Wildman–Crippen MR) is 80.4 cm³/mol. The summed E-state index contributed by atoms with van der Waals surface area (Å²) < 4.78 is 5.88. The molecule has 3 N–H and O–H groups in total. The fourth-order valence-corrected chi connectivity index (χ4v) is 1.85. The number of hydrogen-bond acceptors (Lipinski definition) is 4. The molecular weight excluding hydrogens is 332 g/mol. The Morgan fingerprint density at radius 3 is 2.84 bits per heavy atom. The van der Waals surface area contributed by atoms with Gasteiger partial charge < -0.3 is 15.2 Å². The third-order valence-electron chi connectivity index (χ3n) is 2.19. The Kier molecular flexibility index (Phi) is 6.20. The number of hydrogen-bond donors (Lipinski definition) is 3. The van der Waals surface area contributed by atoms with Crippen LogP contribution < -0.4 is 15.4 Å². The van der Waals surface area contributed by atoms with E-state index in [2.05, 4.69) is 26.6 Å². The second-order valence-corrected chi connectivity index (χ2v) is 5.18. The van der Waals surface area contributed by atoms with Gasteiger partial charge in [-0.3, -0.25) is 10.1 Å². The van der Waals surface area contributed by atoms with Crippen LogP contribution in [0.1, 0.15) is 17.3 Å². The number of halogens is 1. The van der Waals surface area contributed by atoms with Gasteiger partial charge in [0.1, 0.15) is 5.75 Å². The number of carbonyl (C=O) groups excluding carboxylic acids is 1. The molecule has 19 heavy (non-hydrogen) atoms. The lowest BCUT2D eigenvalue weighted by molar-refractivity contribution is 0.0973. The minimum absolute atomic E-state index is 0.160. The lowest BCUT2D eigenvalue weighted by Crippen LogP contribution is -2.41. The first kappa shape index (κ1) is 15.9. The highest BCUT2D eigenvalue weighted by molar-refractivity contribution is 9.10. The molecule has 0 bridgehead atoms. The van der Waals surface area contributed by atoms with Crippen LogP contribution in [0.5, 0.6) is 5.75 Å². The van der Waals surface area contributed by atoms with E-state index in [1.165, 1.54) is 7.11 Å². The maximum absolute atomic E-state index is 12.0. The van der Waals surface area contributed by atoms with Crippen LogP contribution in [0, 0.1) is 0 Å². The molecule has 0 radical (unpaired) electrons. The summed E-state index contributed by atoms with van der Waals surface area (Å²) in [6.45, 7) is 1.89. The van der Waals surface area contributed by atoms with E-state index in [9.17, 15) is 4.79 Å². The lowest BCUT2D eigenvalue weighted by atomic mass is 10.2. The van der Waals surface area contributed by atoms with Crippen molar-refractivity contribution in [3.05, 3.63) is 28.2 Å². The van der Waals surface area contributed by atoms with Crippen molar-refractivity contribution in [2.24, 2.45) is 0 Å². The quantitative estimate of drug-likeness (QED) is 0.719. The van der Waals surface area contributed by atoms with Crippen LogP contribution in [-0.4, -0.2) is 35.9 Å². The van der Waals surface area contributed by atoms with Gasteiger partial charge in [-0.25, -0.2) is 0 Å². The molecule has 0 aliphatic heterocycles.